The molecule has 0 fully saturated rings. The van der Waals surface area contributed by atoms with Crippen molar-refractivity contribution in [1.82, 2.24) is 0 Å². The number of carbonyl (C=O) groups excluding carboxylic acids is 3. The third-order valence-electron chi connectivity index (χ3n) is 2.92. The topological polar surface area (TPSA) is 116 Å². The summed E-state index contributed by atoms with van der Waals surface area (Å²) < 4.78 is 14.3. The molecule has 0 heterocycles. The highest BCUT2D eigenvalue weighted by Gasteiger charge is 2.34. The summed E-state index contributed by atoms with van der Waals surface area (Å²) in [7, 11) is 0. The highest BCUT2D eigenvalue weighted by molar-refractivity contribution is 5.99. The lowest BCUT2D eigenvalue weighted by Crippen LogP contribution is -2.39. The molecule has 0 bridgehead atoms. The normalized spacial score (nSPS) is 11.7. The zero-order valence-electron chi connectivity index (χ0n) is 13.7. The summed E-state index contributed by atoms with van der Waals surface area (Å²) >= 11 is 0. The first-order valence-corrected chi connectivity index (χ1v) is 7.58. The van der Waals surface area contributed by atoms with Crippen LogP contribution >= 0.6 is 0 Å². The minimum absolute atomic E-state index is 0.0239. The van der Waals surface area contributed by atoms with Crippen molar-refractivity contribution >= 4 is 23.9 Å². The Labute approximate surface area is 135 Å². The van der Waals surface area contributed by atoms with E-state index in [0.717, 1.165) is 0 Å². The smallest absolute Gasteiger partial charge is 0.359 e. The molecule has 0 aromatic carbocycles. The van der Waals surface area contributed by atoms with Gasteiger partial charge in [-0.2, -0.15) is 0 Å². The maximum atomic E-state index is 11.9. The minimum atomic E-state index is -1.73. The average Bonchev–Trinajstić information content (AvgIpc) is 2.48. The first-order valence-electron chi connectivity index (χ1n) is 7.58. The Morgan fingerprint density at radius 1 is 0.913 bits per heavy atom. The molecule has 23 heavy (non-hydrogen) atoms. The van der Waals surface area contributed by atoms with Crippen molar-refractivity contribution in [2.24, 2.45) is 5.92 Å². The number of carbonyl (C=O) groups is 4. The quantitative estimate of drug-likeness (QED) is 0.260. The lowest BCUT2D eigenvalue weighted by molar-refractivity contribution is -0.181. The summed E-state index contributed by atoms with van der Waals surface area (Å²) in [5.74, 6) is -4.15. The van der Waals surface area contributed by atoms with Crippen LogP contribution in [0.25, 0.3) is 0 Å². The molecule has 8 nitrogen and oxygen atoms in total. The number of hydrogen-bond donors (Lipinski definition) is 1. The predicted molar refractivity (Wildman–Crippen MR) is 78.4 cm³/mol. The Morgan fingerprint density at radius 3 is 1.87 bits per heavy atom. The van der Waals surface area contributed by atoms with Crippen LogP contribution < -0.4 is 0 Å². The van der Waals surface area contributed by atoms with Gasteiger partial charge in [-0.3, -0.25) is 9.59 Å². The molecule has 0 rings (SSSR count). The fourth-order valence-electron chi connectivity index (χ4n) is 1.71. The van der Waals surface area contributed by atoms with Gasteiger partial charge in [-0.05, 0) is 26.7 Å². The summed E-state index contributed by atoms with van der Waals surface area (Å²) in [6, 6.07) is 0. The summed E-state index contributed by atoms with van der Waals surface area (Å²) in [5.41, 5.74) is 0. The summed E-state index contributed by atoms with van der Waals surface area (Å²) in [4.78, 5) is 45.7. The second-order valence-electron chi connectivity index (χ2n) is 4.86. The van der Waals surface area contributed by atoms with Crippen molar-refractivity contribution in [3.8, 4) is 0 Å². The molecule has 1 N–H and O–H groups in total. The maximum Gasteiger partial charge on any atom is 0.359 e. The lowest BCUT2D eigenvalue weighted by atomic mass is 10.0. The van der Waals surface area contributed by atoms with Gasteiger partial charge in [0.2, 0.25) is 0 Å². The van der Waals surface area contributed by atoms with Crippen molar-refractivity contribution in [2.75, 3.05) is 13.2 Å². The zero-order valence-corrected chi connectivity index (χ0v) is 13.7. The molecule has 0 aromatic heterocycles. The van der Waals surface area contributed by atoms with Gasteiger partial charge in [0.05, 0.1) is 19.1 Å². The molecular weight excluding hydrogens is 308 g/mol. The van der Waals surface area contributed by atoms with E-state index >= 15 is 0 Å². The van der Waals surface area contributed by atoms with E-state index in [1.54, 1.807) is 20.8 Å². The molecule has 132 valence electrons. The van der Waals surface area contributed by atoms with E-state index in [-0.39, 0.29) is 19.6 Å². The van der Waals surface area contributed by atoms with Crippen molar-refractivity contribution < 1.29 is 38.5 Å². The number of esters is 3. The van der Waals surface area contributed by atoms with Gasteiger partial charge in [-0.1, -0.05) is 13.3 Å². The van der Waals surface area contributed by atoms with Gasteiger partial charge in [0.1, 0.15) is 0 Å². The van der Waals surface area contributed by atoms with E-state index in [2.05, 4.69) is 0 Å². The molecule has 8 heteroatoms. The van der Waals surface area contributed by atoms with E-state index in [1.807, 2.05) is 0 Å². The molecule has 0 aliphatic rings. The van der Waals surface area contributed by atoms with Gasteiger partial charge in [0.25, 0.3) is 6.10 Å². The van der Waals surface area contributed by atoms with E-state index in [9.17, 15) is 19.2 Å². The fourth-order valence-corrected chi connectivity index (χ4v) is 1.71. The van der Waals surface area contributed by atoms with E-state index in [1.165, 1.54) is 0 Å². The molecule has 0 radical (unpaired) electrons. The molecule has 0 saturated carbocycles. The Bertz CT molecular complexity index is 400. The number of ether oxygens (including phenoxy) is 3. The molecule has 0 spiro atoms. The van der Waals surface area contributed by atoms with Crippen molar-refractivity contribution in [1.29, 1.82) is 0 Å². The standard InChI is InChI=1S/C15H24O8/c1-4-21-14(19)12(15(20)22-5-2)23-13(18)10(3)8-6-7-9-11(16)17/h10,12H,4-9H2,1-3H3,(H,16,17). The monoisotopic (exact) mass is 332 g/mol. The summed E-state index contributed by atoms with van der Waals surface area (Å²) in [5, 5.41) is 8.54. The van der Waals surface area contributed by atoms with E-state index in [0.29, 0.717) is 19.3 Å². The zero-order chi connectivity index (χ0) is 17.8. The molecule has 0 saturated heterocycles. The van der Waals surface area contributed by atoms with Crippen LogP contribution in [-0.4, -0.2) is 48.3 Å². The van der Waals surface area contributed by atoms with E-state index in [4.69, 9.17) is 19.3 Å². The summed E-state index contributed by atoms with van der Waals surface area (Å²) in [6.45, 7) is 4.78. The van der Waals surface area contributed by atoms with Crippen LogP contribution in [0.4, 0.5) is 0 Å². The third-order valence-corrected chi connectivity index (χ3v) is 2.92. The molecule has 0 aromatic rings. The van der Waals surface area contributed by atoms with Crippen LogP contribution in [0.15, 0.2) is 0 Å². The van der Waals surface area contributed by atoms with Crippen LogP contribution in [0.5, 0.6) is 0 Å². The maximum absolute atomic E-state index is 11.9. The second-order valence-corrected chi connectivity index (χ2v) is 4.86. The van der Waals surface area contributed by atoms with Gasteiger partial charge < -0.3 is 19.3 Å². The van der Waals surface area contributed by atoms with Gasteiger partial charge in [-0.25, -0.2) is 9.59 Å². The van der Waals surface area contributed by atoms with Gasteiger partial charge in [-0.15, -0.1) is 0 Å². The number of unbranched alkanes of at least 4 members (excludes halogenated alkanes) is 1. The number of aliphatic carboxylic acids is 1. The van der Waals surface area contributed by atoms with Crippen molar-refractivity contribution in [3.63, 3.8) is 0 Å². The predicted octanol–water partition coefficient (Wildman–Crippen LogP) is 1.31. The molecule has 1 atom stereocenters. The summed E-state index contributed by atoms with van der Waals surface area (Å²) in [6.07, 6.45) is -0.359. The van der Waals surface area contributed by atoms with Crippen LogP contribution in [0, 0.1) is 5.92 Å². The molecule has 0 aliphatic carbocycles. The average molecular weight is 332 g/mol. The first-order chi connectivity index (χ1) is 10.8. The van der Waals surface area contributed by atoms with Crippen LogP contribution in [0.2, 0.25) is 0 Å². The molecule has 0 aliphatic heterocycles. The van der Waals surface area contributed by atoms with Crippen molar-refractivity contribution in [2.45, 2.75) is 52.6 Å². The number of carboxylic acids is 1. The Kier molecular flexibility index (Phi) is 10.4. The Hall–Kier alpha value is -2.12. The number of rotatable bonds is 11. The molecule has 0 amide bonds. The van der Waals surface area contributed by atoms with Crippen LogP contribution in [0.3, 0.4) is 0 Å². The minimum Gasteiger partial charge on any atom is -0.481 e. The number of hydrogen-bond acceptors (Lipinski definition) is 7. The van der Waals surface area contributed by atoms with Gasteiger partial charge in [0, 0.05) is 6.42 Å². The number of carboxylic acid groups (broad SMARTS) is 1. The highest BCUT2D eigenvalue weighted by atomic mass is 16.6. The Morgan fingerprint density at radius 2 is 1.43 bits per heavy atom. The van der Waals surface area contributed by atoms with Gasteiger partial charge >= 0.3 is 23.9 Å². The fraction of sp³-hybridized carbons (Fsp3) is 0.733. The molecular formula is C15H24O8. The molecule has 1 unspecified atom stereocenters. The third kappa shape index (κ3) is 8.80. The van der Waals surface area contributed by atoms with Crippen molar-refractivity contribution in [3.05, 3.63) is 0 Å². The van der Waals surface area contributed by atoms with Crippen LogP contribution in [0.1, 0.15) is 46.5 Å². The lowest BCUT2D eigenvalue weighted by Gasteiger charge is -2.17. The largest absolute Gasteiger partial charge is 0.481 e. The van der Waals surface area contributed by atoms with Gasteiger partial charge in [0.15, 0.2) is 0 Å². The first kappa shape index (κ1) is 20.9. The van der Waals surface area contributed by atoms with Crippen LogP contribution in [-0.2, 0) is 33.4 Å². The Balaban J connectivity index is 4.53. The second kappa shape index (κ2) is 11.4. The van der Waals surface area contributed by atoms with E-state index < -0.39 is 35.9 Å². The SMILES string of the molecule is CCOC(=O)C(OC(=O)C(C)CCCCC(=O)O)C(=O)OCC. The highest BCUT2D eigenvalue weighted by Crippen LogP contribution is 2.13.